The van der Waals surface area contributed by atoms with Crippen LogP contribution in [0.15, 0.2) is 48.5 Å². The number of hydrogen-bond acceptors (Lipinski definition) is 4. The van der Waals surface area contributed by atoms with Gasteiger partial charge in [0, 0.05) is 30.2 Å². The molecule has 0 aromatic heterocycles. The molecule has 5 nitrogen and oxygen atoms in total. The van der Waals surface area contributed by atoms with Gasteiger partial charge in [-0.05, 0) is 30.0 Å². The summed E-state index contributed by atoms with van der Waals surface area (Å²) in [6.45, 7) is 6.81. The van der Waals surface area contributed by atoms with Crippen molar-refractivity contribution in [2.45, 2.75) is 51.4 Å². The number of rotatable bonds is 7. The topological polar surface area (TPSA) is 70.6 Å². The maximum absolute atomic E-state index is 12.0. The fourth-order valence-electron chi connectivity index (χ4n) is 4.11. The van der Waals surface area contributed by atoms with Gasteiger partial charge in [-0.2, -0.15) is 0 Å². The molecule has 0 radical (unpaired) electrons. The first-order valence-corrected chi connectivity index (χ1v) is 9.86. The number of nitrogens with one attached hydrogen (secondary N) is 2. The van der Waals surface area contributed by atoms with Gasteiger partial charge in [-0.15, -0.1) is 0 Å². The van der Waals surface area contributed by atoms with Gasteiger partial charge < -0.3 is 20.5 Å². The summed E-state index contributed by atoms with van der Waals surface area (Å²) in [5.74, 6) is -0.0518. The van der Waals surface area contributed by atoms with Crippen LogP contribution in [0.2, 0.25) is 0 Å². The Kier molecular flexibility index (Phi) is 6.37. The van der Waals surface area contributed by atoms with E-state index in [4.69, 9.17) is 4.74 Å². The van der Waals surface area contributed by atoms with Crippen molar-refractivity contribution in [3.8, 4) is 5.75 Å². The number of aliphatic carboxylic acids is 1. The van der Waals surface area contributed by atoms with Crippen molar-refractivity contribution < 1.29 is 14.6 Å². The second kappa shape index (κ2) is 8.76. The fourth-order valence-corrected chi connectivity index (χ4v) is 4.11. The third-order valence-electron chi connectivity index (χ3n) is 5.67. The lowest BCUT2D eigenvalue weighted by molar-refractivity contribution is -0.142. The second-order valence-electron chi connectivity index (χ2n) is 7.84. The molecule has 1 saturated heterocycles. The number of carbonyl (C=O) groups is 1. The molecule has 150 valence electrons. The lowest BCUT2D eigenvalue weighted by atomic mass is 9.91. The number of ether oxygens (including phenoxy) is 1. The molecular weight excluding hydrogens is 352 g/mol. The fraction of sp³-hybridized carbons (Fsp3) is 0.435. The zero-order chi connectivity index (χ0) is 20.3. The van der Waals surface area contributed by atoms with Crippen molar-refractivity contribution in [3.63, 3.8) is 0 Å². The molecule has 3 rings (SSSR count). The number of methoxy groups -OCH3 is 1. The zero-order valence-electron chi connectivity index (χ0n) is 17.0. The van der Waals surface area contributed by atoms with Crippen LogP contribution >= 0.6 is 0 Å². The van der Waals surface area contributed by atoms with Crippen LogP contribution < -0.4 is 15.4 Å². The van der Waals surface area contributed by atoms with Crippen LogP contribution in [-0.4, -0.2) is 30.3 Å². The Morgan fingerprint density at radius 2 is 1.93 bits per heavy atom. The Labute approximate surface area is 167 Å². The number of carboxylic acid groups (broad SMARTS) is 1. The predicted octanol–water partition coefficient (Wildman–Crippen LogP) is 3.71. The van der Waals surface area contributed by atoms with Crippen molar-refractivity contribution in [2.24, 2.45) is 5.92 Å². The first-order chi connectivity index (χ1) is 13.4. The monoisotopic (exact) mass is 382 g/mol. The van der Waals surface area contributed by atoms with Gasteiger partial charge >= 0.3 is 5.97 Å². The van der Waals surface area contributed by atoms with E-state index in [0.29, 0.717) is 12.5 Å². The van der Waals surface area contributed by atoms with Crippen molar-refractivity contribution in [3.05, 3.63) is 65.2 Å². The number of carboxylic acids is 1. The van der Waals surface area contributed by atoms with Gasteiger partial charge in [-0.3, -0.25) is 4.79 Å². The van der Waals surface area contributed by atoms with Gasteiger partial charge in [0.1, 0.15) is 5.75 Å². The first-order valence-electron chi connectivity index (χ1n) is 9.86. The van der Waals surface area contributed by atoms with Crippen LogP contribution in [0.4, 0.5) is 0 Å². The summed E-state index contributed by atoms with van der Waals surface area (Å²) >= 11 is 0. The van der Waals surface area contributed by atoms with Crippen LogP contribution in [0.25, 0.3) is 0 Å². The predicted molar refractivity (Wildman–Crippen MR) is 111 cm³/mol. The molecule has 3 N–H and O–H groups in total. The molecule has 1 fully saturated rings. The smallest absolute Gasteiger partial charge is 0.309 e. The molecule has 0 spiro atoms. The quantitative estimate of drug-likeness (QED) is 0.681. The molecular formula is C23H30N2O3. The molecule has 28 heavy (non-hydrogen) atoms. The average Bonchev–Trinajstić information content (AvgIpc) is 3.03. The van der Waals surface area contributed by atoms with Crippen LogP contribution in [0.1, 0.15) is 49.4 Å². The maximum atomic E-state index is 12.0. The van der Waals surface area contributed by atoms with E-state index in [0.717, 1.165) is 16.9 Å². The van der Waals surface area contributed by atoms with E-state index in [1.54, 1.807) is 7.11 Å². The van der Waals surface area contributed by atoms with E-state index in [2.05, 4.69) is 36.6 Å². The molecule has 1 heterocycles. The molecule has 0 aliphatic carbocycles. The summed E-state index contributed by atoms with van der Waals surface area (Å²) in [5.41, 5.74) is 3.38. The van der Waals surface area contributed by atoms with Gasteiger partial charge in [0.25, 0.3) is 0 Å². The van der Waals surface area contributed by atoms with Crippen molar-refractivity contribution >= 4 is 5.97 Å². The van der Waals surface area contributed by atoms with E-state index in [1.807, 2.05) is 43.3 Å². The normalized spacial score (nSPS) is 24.5. The first kappa shape index (κ1) is 20.4. The summed E-state index contributed by atoms with van der Waals surface area (Å²) in [7, 11) is 1.67. The third-order valence-corrected chi connectivity index (χ3v) is 5.67. The lowest BCUT2D eigenvalue weighted by Gasteiger charge is -2.25. The summed E-state index contributed by atoms with van der Waals surface area (Å²) < 4.78 is 5.53. The Morgan fingerprint density at radius 1 is 1.21 bits per heavy atom. The molecule has 2 aromatic carbocycles. The van der Waals surface area contributed by atoms with Crippen LogP contribution in [-0.2, 0) is 11.3 Å². The van der Waals surface area contributed by atoms with E-state index in [-0.39, 0.29) is 18.1 Å². The Morgan fingerprint density at radius 3 is 2.54 bits per heavy atom. The second-order valence-corrected chi connectivity index (χ2v) is 7.84. The Balaban J connectivity index is 1.87. The Bertz CT molecular complexity index is 807. The molecule has 0 amide bonds. The van der Waals surface area contributed by atoms with Crippen LogP contribution in [0.3, 0.4) is 0 Å². The summed E-state index contributed by atoms with van der Waals surface area (Å²) in [6, 6.07) is 15.9. The highest BCUT2D eigenvalue weighted by atomic mass is 16.5. The van der Waals surface area contributed by atoms with Crippen molar-refractivity contribution in [1.82, 2.24) is 10.6 Å². The molecule has 1 aliphatic heterocycles. The maximum Gasteiger partial charge on any atom is 0.309 e. The van der Waals surface area contributed by atoms with E-state index in [9.17, 15) is 9.90 Å². The minimum atomic E-state index is -0.779. The molecule has 0 saturated carbocycles. The number of benzene rings is 2. The summed E-state index contributed by atoms with van der Waals surface area (Å²) in [5, 5.41) is 16.8. The van der Waals surface area contributed by atoms with Gasteiger partial charge in [-0.25, -0.2) is 0 Å². The average molecular weight is 383 g/mol. The molecule has 1 aliphatic rings. The van der Waals surface area contributed by atoms with Gasteiger partial charge in [-0.1, -0.05) is 56.3 Å². The standard InChI is InChI=1S/C23H30N2O3/c1-14(2)17-10-11-19(28-4)18(12-17)13-24-22-20(23(26)27)15(3)25-21(22)16-8-6-5-7-9-16/h5-12,14-15,20-22,24-25H,13H2,1-4H3,(H,26,27)/t15-,20-,21-,22+/m0/s1. The number of hydrogen-bond donors (Lipinski definition) is 3. The Hall–Kier alpha value is -2.37. The molecule has 4 atom stereocenters. The van der Waals surface area contributed by atoms with Crippen molar-refractivity contribution in [1.29, 1.82) is 0 Å². The summed E-state index contributed by atoms with van der Waals surface area (Å²) in [6.07, 6.45) is 0. The van der Waals surface area contributed by atoms with E-state index < -0.39 is 11.9 Å². The van der Waals surface area contributed by atoms with Crippen LogP contribution in [0.5, 0.6) is 5.75 Å². The highest BCUT2D eigenvalue weighted by molar-refractivity contribution is 5.72. The molecule has 0 bridgehead atoms. The lowest BCUT2D eigenvalue weighted by Crippen LogP contribution is -2.41. The van der Waals surface area contributed by atoms with Gasteiger partial charge in [0.2, 0.25) is 0 Å². The minimum absolute atomic E-state index is 0.0587. The molecule has 0 unspecified atom stereocenters. The molecule has 2 aromatic rings. The van der Waals surface area contributed by atoms with E-state index >= 15 is 0 Å². The SMILES string of the molecule is COc1ccc(C(C)C)cc1CN[C@@H]1[C@@H](C(=O)O)[C@H](C)N[C@H]1c1ccccc1. The third kappa shape index (κ3) is 4.21. The van der Waals surface area contributed by atoms with Gasteiger partial charge in [0.05, 0.1) is 13.0 Å². The highest BCUT2D eigenvalue weighted by Gasteiger charge is 2.45. The zero-order valence-corrected chi connectivity index (χ0v) is 17.0. The minimum Gasteiger partial charge on any atom is -0.496 e. The molecule has 5 heteroatoms. The van der Waals surface area contributed by atoms with Gasteiger partial charge in [0.15, 0.2) is 0 Å². The highest BCUT2D eigenvalue weighted by Crippen LogP contribution is 2.33. The van der Waals surface area contributed by atoms with Crippen LogP contribution in [0, 0.1) is 5.92 Å². The van der Waals surface area contributed by atoms with E-state index in [1.165, 1.54) is 5.56 Å². The van der Waals surface area contributed by atoms with Crippen molar-refractivity contribution in [2.75, 3.05) is 7.11 Å². The largest absolute Gasteiger partial charge is 0.496 e. The summed E-state index contributed by atoms with van der Waals surface area (Å²) in [4.78, 5) is 12.0.